The third-order valence-electron chi connectivity index (χ3n) is 3.57. The molecule has 1 N–H and O–H groups in total. The number of nitrogens with one attached hydrogen (secondary N) is 1. The summed E-state index contributed by atoms with van der Waals surface area (Å²) in [5, 5.41) is 1.28. The van der Waals surface area contributed by atoms with Gasteiger partial charge in [-0.15, -0.1) is 0 Å². The van der Waals surface area contributed by atoms with E-state index in [9.17, 15) is 16.8 Å². The minimum atomic E-state index is -3.68. The molecular weight excluding hydrogens is 383 g/mol. The lowest BCUT2D eigenvalue weighted by atomic mass is 10.1. The Morgan fingerprint density at radius 2 is 1.96 bits per heavy atom. The summed E-state index contributed by atoms with van der Waals surface area (Å²) in [5.41, 5.74) is 0. The summed E-state index contributed by atoms with van der Waals surface area (Å²) in [4.78, 5) is 0.0687. The average molecular weight is 399 g/mol. The molecular formula is C13H16Cl2N2O4S2. The van der Waals surface area contributed by atoms with Crippen LogP contribution in [0.2, 0.25) is 10.0 Å². The minimum absolute atomic E-state index is 0.0687. The van der Waals surface area contributed by atoms with Gasteiger partial charge in [0.2, 0.25) is 20.0 Å². The highest BCUT2D eigenvalue weighted by atomic mass is 35.5. The first kappa shape index (κ1) is 18.7. The Balaban J connectivity index is 2.08. The van der Waals surface area contributed by atoms with Crippen molar-refractivity contribution in [2.24, 2.45) is 5.92 Å². The molecule has 1 aliphatic heterocycles. The van der Waals surface area contributed by atoms with Gasteiger partial charge in [0.25, 0.3) is 0 Å². The average Bonchev–Trinajstić information content (AvgIpc) is 2.98. The number of sulfonamides is 2. The second-order valence-electron chi connectivity index (χ2n) is 5.15. The normalized spacial score (nSPS) is 19.8. The first-order chi connectivity index (χ1) is 10.7. The van der Waals surface area contributed by atoms with Crippen LogP contribution in [0.4, 0.5) is 0 Å². The standard InChI is InChI=1S/C13H16Cl2N2O4S2/c1-2-22(18,19)16-8-10-5-6-17(9-10)23(20,21)11-3-4-12(14)13(15)7-11/h2-4,7,10,16H,1,5-6,8-9H2/t10-/m1/s1. The molecule has 1 aromatic carbocycles. The second kappa shape index (κ2) is 7.08. The van der Waals surface area contributed by atoms with E-state index in [1.165, 1.54) is 22.5 Å². The van der Waals surface area contributed by atoms with Gasteiger partial charge < -0.3 is 0 Å². The molecule has 1 heterocycles. The van der Waals surface area contributed by atoms with Crippen LogP contribution in [-0.2, 0) is 20.0 Å². The molecule has 1 saturated heterocycles. The zero-order chi connectivity index (χ0) is 17.3. The van der Waals surface area contributed by atoms with Crippen molar-refractivity contribution in [3.8, 4) is 0 Å². The van der Waals surface area contributed by atoms with Crippen LogP contribution in [0, 0.1) is 5.92 Å². The van der Waals surface area contributed by atoms with E-state index in [4.69, 9.17) is 23.2 Å². The second-order valence-corrected chi connectivity index (χ2v) is 9.62. The quantitative estimate of drug-likeness (QED) is 0.794. The maximum absolute atomic E-state index is 12.6. The zero-order valence-corrected chi connectivity index (χ0v) is 15.2. The maximum atomic E-state index is 12.6. The van der Waals surface area contributed by atoms with Crippen LogP contribution in [-0.4, -0.2) is 40.8 Å². The van der Waals surface area contributed by atoms with Crippen LogP contribution in [0.3, 0.4) is 0 Å². The van der Waals surface area contributed by atoms with Gasteiger partial charge in [-0.2, -0.15) is 4.31 Å². The molecule has 1 aromatic rings. The number of halogens is 2. The van der Waals surface area contributed by atoms with Crippen molar-refractivity contribution >= 4 is 43.2 Å². The van der Waals surface area contributed by atoms with Gasteiger partial charge in [0.05, 0.1) is 14.9 Å². The molecule has 1 fully saturated rings. The fourth-order valence-electron chi connectivity index (χ4n) is 2.26. The Morgan fingerprint density at radius 1 is 1.26 bits per heavy atom. The Morgan fingerprint density at radius 3 is 2.57 bits per heavy atom. The van der Waals surface area contributed by atoms with Gasteiger partial charge >= 0.3 is 0 Å². The highest BCUT2D eigenvalue weighted by molar-refractivity contribution is 7.92. The predicted molar refractivity (Wildman–Crippen MR) is 90.4 cm³/mol. The molecule has 1 atom stereocenters. The number of benzene rings is 1. The van der Waals surface area contributed by atoms with Gasteiger partial charge in [-0.05, 0) is 30.5 Å². The summed E-state index contributed by atoms with van der Waals surface area (Å²) >= 11 is 11.7. The lowest BCUT2D eigenvalue weighted by Gasteiger charge is -2.17. The van der Waals surface area contributed by atoms with Crippen LogP contribution < -0.4 is 4.72 Å². The molecule has 0 saturated carbocycles. The third-order valence-corrected chi connectivity index (χ3v) is 7.18. The molecule has 1 aliphatic rings. The van der Waals surface area contributed by atoms with E-state index < -0.39 is 20.0 Å². The molecule has 6 nitrogen and oxygen atoms in total. The first-order valence-corrected chi connectivity index (χ1v) is 10.5. The topological polar surface area (TPSA) is 83.6 Å². The number of hydrogen-bond donors (Lipinski definition) is 1. The molecule has 0 radical (unpaired) electrons. The molecule has 10 heteroatoms. The summed E-state index contributed by atoms with van der Waals surface area (Å²) in [6.45, 7) is 3.94. The maximum Gasteiger partial charge on any atom is 0.243 e. The van der Waals surface area contributed by atoms with Crippen LogP contribution in [0.5, 0.6) is 0 Å². The van der Waals surface area contributed by atoms with Gasteiger partial charge in [-0.1, -0.05) is 29.8 Å². The van der Waals surface area contributed by atoms with E-state index in [1.54, 1.807) is 0 Å². The van der Waals surface area contributed by atoms with Crippen LogP contribution in [0.25, 0.3) is 0 Å². The van der Waals surface area contributed by atoms with Gasteiger partial charge in [0.1, 0.15) is 0 Å². The lowest BCUT2D eigenvalue weighted by molar-refractivity contribution is 0.455. The van der Waals surface area contributed by atoms with E-state index in [-0.39, 0.29) is 33.9 Å². The van der Waals surface area contributed by atoms with E-state index in [0.29, 0.717) is 13.0 Å². The molecule has 0 amide bonds. The zero-order valence-electron chi connectivity index (χ0n) is 12.1. The highest BCUT2D eigenvalue weighted by Crippen LogP contribution is 2.29. The molecule has 0 aromatic heterocycles. The summed E-state index contributed by atoms with van der Waals surface area (Å²) < 4.78 is 51.5. The van der Waals surface area contributed by atoms with E-state index in [2.05, 4.69) is 11.3 Å². The Labute approximate surface area is 146 Å². The molecule has 0 spiro atoms. The van der Waals surface area contributed by atoms with Crippen molar-refractivity contribution in [3.05, 3.63) is 40.2 Å². The Kier molecular flexibility index (Phi) is 5.76. The molecule has 0 bridgehead atoms. The van der Waals surface area contributed by atoms with E-state index in [0.717, 1.165) is 5.41 Å². The molecule has 2 rings (SSSR count). The van der Waals surface area contributed by atoms with E-state index in [1.807, 2.05) is 0 Å². The van der Waals surface area contributed by atoms with Gasteiger partial charge in [0.15, 0.2) is 0 Å². The highest BCUT2D eigenvalue weighted by Gasteiger charge is 2.33. The number of hydrogen-bond acceptors (Lipinski definition) is 4. The third kappa shape index (κ3) is 4.46. The van der Waals surface area contributed by atoms with Crippen molar-refractivity contribution < 1.29 is 16.8 Å². The summed E-state index contributed by atoms with van der Waals surface area (Å²) in [6.07, 6.45) is 0.570. The van der Waals surface area contributed by atoms with Gasteiger partial charge in [-0.3, -0.25) is 0 Å². The minimum Gasteiger partial charge on any atom is -0.211 e. The SMILES string of the molecule is C=CS(=O)(=O)NC[C@H]1CCN(S(=O)(=O)c2ccc(Cl)c(Cl)c2)C1. The van der Waals surface area contributed by atoms with Crippen molar-refractivity contribution in [3.63, 3.8) is 0 Å². The molecule has 128 valence electrons. The summed E-state index contributed by atoms with van der Waals surface area (Å²) in [6, 6.07) is 4.15. The molecule has 0 aliphatic carbocycles. The van der Waals surface area contributed by atoms with Crippen LogP contribution in [0.15, 0.2) is 35.1 Å². The van der Waals surface area contributed by atoms with Crippen molar-refractivity contribution in [2.75, 3.05) is 19.6 Å². The summed E-state index contributed by atoms with van der Waals surface area (Å²) in [5.74, 6) is -0.0951. The van der Waals surface area contributed by atoms with E-state index >= 15 is 0 Å². The van der Waals surface area contributed by atoms with Gasteiger partial charge in [-0.25, -0.2) is 21.6 Å². The Hall–Kier alpha value is -0.640. The van der Waals surface area contributed by atoms with Gasteiger partial charge in [0, 0.05) is 25.0 Å². The number of nitrogens with zero attached hydrogens (tertiary/aromatic N) is 1. The smallest absolute Gasteiger partial charge is 0.211 e. The van der Waals surface area contributed by atoms with Crippen molar-refractivity contribution in [1.29, 1.82) is 0 Å². The van der Waals surface area contributed by atoms with Crippen molar-refractivity contribution in [2.45, 2.75) is 11.3 Å². The van der Waals surface area contributed by atoms with Crippen LogP contribution in [0.1, 0.15) is 6.42 Å². The fraction of sp³-hybridized carbons (Fsp3) is 0.385. The summed E-state index contributed by atoms with van der Waals surface area (Å²) in [7, 11) is -7.19. The number of rotatable bonds is 6. The molecule has 0 unspecified atom stereocenters. The first-order valence-electron chi connectivity index (χ1n) is 6.73. The monoisotopic (exact) mass is 398 g/mol. The van der Waals surface area contributed by atoms with Crippen LogP contribution >= 0.6 is 23.2 Å². The van der Waals surface area contributed by atoms with Crippen molar-refractivity contribution in [1.82, 2.24) is 9.03 Å². The fourth-order valence-corrected chi connectivity index (χ4v) is 4.77. The predicted octanol–water partition coefficient (Wildman–Crippen LogP) is 2.07. The Bertz CT molecular complexity index is 809. The largest absolute Gasteiger partial charge is 0.243 e. The molecule has 23 heavy (non-hydrogen) atoms. The lowest BCUT2D eigenvalue weighted by Crippen LogP contribution is -2.32.